The van der Waals surface area contributed by atoms with E-state index in [0.717, 1.165) is 63.7 Å². The van der Waals surface area contributed by atoms with Crippen molar-refractivity contribution in [1.82, 2.24) is 4.90 Å². The van der Waals surface area contributed by atoms with Crippen LogP contribution in [0.1, 0.15) is 87.0 Å². The molecular formula is C31H40ClNO2. The van der Waals surface area contributed by atoms with Gasteiger partial charge in [-0.25, -0.2) is 0 Å². The molecule has 2 fully saturated rings. The Morgan fingerprint density at radius 3 is 2.51 bits per heavy atom. The van der Waals surface area contributed by atoms with Gasteiger partial charge in [-0.2, -0.15) is 0 Å². The van der Waals surface area contributed by atoms with Gasteiger partial charge in [0.15, 0.2) is 0 Å². The van der Waals surface area contributed by atoms with Crippen LogP contribution in [-0.2, 0) is 17.6 Å². The number of halogens is 1. The van der Waals surface area contributed by atoms with Crippen LogP contribution < -0.4 is 0 Å². The summed E-state index contributed by atoms with van der Waals surface area (Å²) in [5, 5.41) is 10.8. The minimum Gasteiger partial charge on any atom is -0.506 e. The lowest BCUT2D eigenvalue weighted by Gasteiger charge is -2.52. The summed E-state index contributed by atoms with van der Waals surface area (Å²) in [5.41, 5.74) is 4.96. The summed E-state index contributed by atoms with van der Waals surface area (Å²) in [5.74, 6) is 2.25. The molecule has 35 heavy (non-hydrogen) atoms. The number of benzene rings is 2. The van der Waals surface area contributed by atoms with Crippen LogP contribution in [0.25, 0.3) is 0 Å². The van der Waals surface area contributed by atoms with Crippen molar-refractivity contribution >= 4 is 17.4 Å². The van der Waals surface area contributed by atoms with Gasteiger partial charge in [-0.3, -0.25) is 4.79 Å². The molecule has 3 aliphatic carbocycles. The van der Waals surface area contributed by atoms with E-state index < -0.39 is 0 Å². The molecule has 4 heteroatoms. The molecule has 1 unspecified atom stereocenters. The topological polar surface area (TPSA) is 40.5 Å². The number of carbonyl (C=O) groups excluding carboxylic acids is 1. The van der Waals surface area contributed by atoms with Crippen molar-refractivity contribution in [3.8, 4) is 5.75 Å². The first-order valence-corrected chi connectivity index (χ1v) is 14.1. The number of hydrogen-bond acceptors (Lipinski definition) is 3. The molecular weight excluding hydrogens is 454 g/mol. The number of hydrogen-bond donors (Lipinski definition) is 1. The molecule has 2 aromatic carbocycles. The maximum Gasteiger partial charge on any atom is 0.139 e. The molecule has 0 heterocycles. The van der Waals surface area contributed by atoms with E-state index in [1.807, 2.05) is 0 Å². The number of aromatic hydroxyl groups is 1. The summed E-state index contributed by atoms with van der Waals surface area (Å²) < 4.78 is 0. The Kier molecular flexibility index (Phi) is 7.03. The minimum absolute atomic E-state index is 0.186. The molecule has 5 rings (SSSR count). The van der Waals surface area contributed by atoms with Gasteiger partial charge in [-0.05, 0) is 110 Å². The van der Waals surface area contributed by atoms with E-state index in [0.29, 0.717) is 34.5 Å². The minimum atomic E-state index is -0.216. The zero-order valence-corrected chi connectivity index (χ0v) is 22.3. The van der Waals surface area contributed by atoms with Gasteiger partial charge in [0.1, 0.15) is 11.5 Å². The van der Waals surface area contributed by atoms with Gasteiger partial charge in [0.25, 0.3) is 0 Å². The van der Waals surface area contributed by atoms with E-state index in [-0.39, 0.29) is 11.2 Å². The number of carbonyl (C=O) groups is 1. The van der Waals surface area contributed by atoms with Gasteiger partial charge in [0.05, 0.1) is 5.02 Å². The first kappa shape index (κ1) is 24.8. The smallest absolute Gasteiger partial charge is 0.139 e. The summed E-state index contributed by atoms with van der Waals surface area (Å²) in [4.78, 5) is 15.6. The number of aryl methyl sites for hydroxylation is 1. The predicted molar refractivity (Wildman–Crippen MR) is 143 cm³/mol. The second-order valence-electron chi connectivity index (χ2n) is 11.4. The lowest BCUT2D eigenvalue weighted by molar-refractivity contribution is -0.130. The molecule has 1 N–H and O–H groups in total. The number of fused-ring (bicyclic) bond motifs is 5. The molecule has 0 radical (unpaired) electrons. The van der Waals surface area contributed by atoms with Crippen LogP contribution in [-0.4, -0.2) is 35.4 Å². The van der Waals surface area contributed by atoms with Crippen molar-refractivity contribution in [1.29, 1.82) is 0 Å². The Bertz CT molecular complexity index is 1080. The second kappa shape index (κ2) is 9.90. The number of nitrogens with zero attached hydrogens (tertiary/aromatic N) is 1. The summed E-state index contributed by atoms with van der Waals surface area (Å²) in [7, 11) is 0. The fraction of sp³-hybridized carbons (Fsp3) is 0.581. The number of ketones is 1. The van der Waals surface area contributed by atoms with Crippen molar-refractivity contribution in [2.45, 2.75) is 77.6 Å². The largest absolute Gasteiger partial charge is 0.506 e. The highest BCUT2D eigenvalue weighted by molar-refractivity contribution is 6.32. The van der Waals surface area contributed by atoms with Crippen LogP contribution in [0.15, 0.2) is 36.4 Å². The molecule has 2 saturated carbocycles. The third-order valence-corrected chi connectivity index (χ3v) is 10.2. The number of phenols is 1. The molecule has 0 aromatic heterocycles. The number of rotatable bonds is 7. The highest BCUT2D eigenvalue weighted by Gasteiger charge is 2.58. The van der Waals surface area contributed by atoms with Crippen LogP contribution in [0.3, 0.4) is 0 Å². The Morgan fingerprint density at radius 1 is 1.06 bits per heavy atom. The normalized spacial score (nSPS) is 29.7. The van der Waals surface area contributed by atoms with E-state index in [9.17, 15) is 9.90 Å². The molecule has 3 nitrogen and oxygen atoms in total. The Hall–Kier alpha value is -1.84. The van der Waals surface area contributed by atoms with Crippen LogP contribution in [0, 0.1) is 17.3 Å². The van der Waals surface area contributed by atoms with Crippen LogP contribution in [0.2, 0.25) is 5.02 Å². The van der Waals surface area contributed by atoms with Crippen LogP contribution in [0.4, 0.5) is 0 Å². The molecule has 0 saturated heterocycles. The van der Waals surface area contributed by atoms with Gasteiger partial charge >= 0.3 is 0 Å². The standard InChI is InChI=1S/C31H40ClNO2/c1-4-33(5-2)18-6-7-20-8-10-21(11-9-20)25-19-31(3)26(15-17-28(31)35)24-13-12-23-22(29(24)25)14-16-27(34)30(23)32/h8-11,14,16,24-26,29,34H,4-7,12-13,15,17-19H2,1-3H3/t24-,25?,26-,29+,31-/m0/s1. The number of phenolic OH excluding ortho intramolecular Hbond substituents is 1. The zero-order chi connectivity index (χ0) is 24.7. The fourth-order valence-electron chi connectivity index (χ4n) is 7.81. The fourth-order valence-corrected chi connectivity index (χ4v) is 8.08. The van der Waals surface area contributed by atoms with E-state index in [1.54, 1.807) is 6.07 Å². The quantitative estimate of drug-likeness (QED) is 0.445. The molecule has 0 spiro atoms. The number of Topliss-reactive ketones (excluding diaryl/α,β-unsaturated/α-hetero) is 1. The lowest BCUT2D eigenvalue weighted by Crippen LogP contribution is -2.46. The van der Waals surface area contributed by atoms with Crippen LogP contribution in [0.5, 0.6) is 5.75 Å². The third-order valence-electron chi connectivity index (χ3n) is 9.78. The molecule has 0 aliphatic heterocycles. The maximum atomic E-state index is 13.1. The van der Waals surface area contributed by atoms with Crippen molar-refractivity contribution in [2.24, 2.45) is 17.3 Å². The molecule has 188 valence electrons. The van der Waals surface area contributed by atoms with Gasteiger partial charge in [-0.15, -0.1) is 0 Å². The van der Waals surface area contributed by atoms with E-state index in [4.69, 9.17) is 11.6 Å². The highest BCUT2D eigenvalue weighted by Crippen LogP contribution is 2.64. The maximum absolute atomic E-state index is 13.1. The average Bonchev–Trinajstić information content (AvgIpc) is 3.18. The third kappa shape index (κ3) is 4.33. The highest BCUT2D eigenvalue weighted by atomic mass is 35.5. The summed E-state index contributed by atoms with van der Waals surface area (Å²) in [6.45, 7) is 10.1. The Balaban J connectivity index is 1.45. The Labute approximate surface area is 215 Å². The molecule has 2 aromatic rings. The van der Waals surface area contributed by atoms with Crippen molar-refractivity contribution < 1.29 is 9.90 Å². The van der Waals surface area contributed by atoms with Gasteiger partial charge in [-0.1, -0.05) is 62.7 Å². The summed E-state index contributed by atoms with van der Waals surface area (Å²) in [6, 6.07) is 13.2. The first-order valence-electron chi connectivity index (χ1n) is 13.7. The molecule has 5 atom stereocenters. The van der Waals surface area contributed by atoms with E-state index in [2.05, 4.69) is 56.0 Å². The Morgan fingerprint density at radius 2 is 1.80 bits per heavy atom. The van der Waals surface area contributed by atoms with Gasteiger partial charge in [0, 0.05) is 11.8 Å². The second-order valence-corrected chi connectivity index (χ2v) is 11.7. The molecule has 0 bridgehead atoms. The monoisotopic (exact) mass is 493 g/mol. The van der Waals surface area contributed by atoms with Gasteiger partial charge < -0.3 is 10.0 Å². The van der Waals surface area contributed by atoms with Crippen molar-refractivity contribution in [2.75, 3.05) is 19.6 Å². The van der Waals surface area contributed by atoms with Gasteiger partial charge in [0.2, 0.25) is 0 Å². The predicted octanol–water partition coefficient (Wildman–Crippen LogP) is 7.14. The van der Waals surface area contributed by atoms with Crippen molar-refractivity contribution in [3.05, 3.63) is 63.7 Å². The average molecular weight is 494 g/mol. The van der Waals surface area contributed by atoms with Crippen molar-refractivity contribution in [3.63, 3.8) is 0 Å². The van der Waals surface area contributed by atoms with E-state index >= 15 is 0 Å². The van der Waals surface area contributed by atoms with E-state index in [1.165, 1.54) is 23.1 Å². The SMILES string of the molecule is CCN(CC)CCCc1ccc(C2C[C@]3(C)C(=O)CC[C@H]3[C@@H]3CCc4c(ccc(O)c4Cl)[C@@H]23)cc1. The van der Waals surface area contributed by atoms with Crippen LogP contribution >= 0.6 is 11.6 Å². The first-order chi connectivity index (χ1) is 16.9. The molecule has 0 amide bonds. The summed E-state index contributed by atoms with van der Waals surface area (Å²) in [6.07, 6.45) is 6.89. The summed E-state index contributed by atoms with van der Waals surface area (Å²) >= 11 is 6.60. The lowest BCUT2D eigenvalue weighted by atomic mass is 9.51. The molecule has 3 aliphatic rings. The zero-order valence-electron chi connectivity index (χ0n) is 21.5.